The van der Waals surface area contributed by atoms with Crippen molar-refractivity contribution in [1.82, 2.24) is 4.90 Å². The molecule has 1 aliphatic heterocycles. The van der Waals surface area contributed by atoms with E-state index in [9.17, 15) is 9.59 Å². The fourth-order valence-electron chi connectivity index (χ4n) is 5.14. The topological polar surface area (TPSA) is 61.9 Å². The van der Waals surface area contributed by atoms with Crippen LogP contribution in [0.25, 0.3) is 0 Å². The number of hydrogen-bond acceptors (Lipinski definition) is 4. The Morgan fingerprint density at radius 3 is 2.44 bits per heavy atom. The first-order valence-corrected chi connectivity index (χ1v) is 13.1. The number of nitrogens with zero attached hydrogens (tertiary/aromatic N) is 2. The van der Waals surface area contributed by atoms with Crippen molar-refractivity contribution < 1.29 is 14.3 Å². The summed E-state index contributed by atoms with van der Waals surface area (Å²) >= 11 is 0. The molecule has 1 saturated heterocycles. The number of ether oxygens (including phenoxy) is 1. The first-order chi connectivity index (χ1) is 16.1. The summed E-state index contributed by atoms with van der Waals surface area (Å²) in [6.07, 6.45) is 9.33. The molecule has 1 aromatic carbocycles. The normalized spacial score (nSPS) is 18.8. The predicted molar refractivity (Wildman–Crippen MR) is 139 cm³/mol. The Morgan fingerprint density at radius 2 is 1.82 bits per heavy atom. The van der Waals surface area contributed by atoms with Gasteiger partial charge in [0.1, 0.15) is 0 Å². The standard InChI is InChI=1S/C28H45N3O3/c1-28(2,3)18-27(33)31(20-24-11-8-16-34-24)19-22-17-23(13-14-25(22)30(4)5)29-26(32)15-12-21-9-6-7-10-21/h13-14,17,21,24H,6-12,15-16,18-20H2,1-5H3,(H,29,32). The summed E-state index contributed by atoms with van der Waals surface area (Å²) in [6, 6.07) is 6.05. The smallest absolute Gasteiger partial charge is 0.224 e. The summed E-state index contributed by atoms with van der Waals surface area (Å²) in [5, 5.41) is 3.10. The van der Waals surface area contributed by atoms with Gasteiger partial charge in [-0.25, -0.2) is 0 Å². The van der Waals surface area contributed by atoms with Crippen LogP contribution in [-0.2, 0) is 20.9 Å². The zero-order chi connectivity index (χ0) is 24.7. The zero-order valence-corrected chi connectivity index (χ0v) is 22.0. The molecule has 1 aromatic rings. The number of rotatable bonds is 10. The first kappa shape index (κ1) is 26.5. The fraction of sp³-hybridized carbons (Fsp3) is 0.714. The molecule has 6 nitrogen and oxygen atoms in total. The van der Waals surface area contributed by atoms with Crippen molar-refractivity contribution in [2.75, 3.05) is 37.5 Å². The molecule has 1 atom stereocenters. The fourth-order valence-corrected chi connectivity index (χ4v) is 5.14. The van der Waals surface area contributed by atoms with Crippen LogP contribution in [0.15, 0.2) is 18.2 Å². The Bertz CT molecular complexity index is 819. The van der Waals surface area contributed by atoms with Gasteiger partial charge in [0, 0.05) is 58.0 Å². The van der Waals surface area contributed by atoms with Gasteiger partial charge < -0.3 is 19.9 Å². The molecule has 1 aliphatic carbocycles. The lowest BCUT2D eigenvalue weighted by atomic mass is 9.91. The Morgan fingerprint density at radius 1 is 1.09 bits per heavy atom. The highest BCUT2D eigenvalue weighted by atomic mass is 16.5. The average Bonchev–Trinajstić information content (AvgIpc) is 3.45. The molecule has 1 N–H and O–H groups in total. The Labute approximate surface area is 206 Å². The van der Waals surface area contributed by atoms with Crippen molar-refractivity contribution in [3.63, 3.8) is 0 Å². The molecule has 0 aromatic heterocycles. The minimum absolute atomic E-state index is 0.0780. The van der Waals surface area contributed by atoms with Crippen molar-refractivity contribution in [3.8, 4) is 0 Å². The van der Waals surface area contributed by atoms with Gasteiger partial charge in [0.25, 0.3) is 0 Å². The van der Waals surface area contributed by atoms with Crippen molar-refractivity contribution in [2.24, 2.45) is 11.3 Å². The Balaban J connectivity index is 1.73. The number of anilines is 2. The highest BCUT2D eigenvalue weighted by molar-refractivity contribution is 5.91. The quantitative estimate of drug-likeness (QED) is 0.482. The van der Waals surface area contributed by atoms with Crippen molar-refractivity contribution in [1.29, 1.82) is 0 Å². The second-order valence-corrected chi connectivity index (χ2v) is 11.6. The Hall–Kier alpha value is -2.08. The van der Waals surface area contributed by atoms with Crippen molar-refractivity contribution in [2.45, 2.75) is 91.2 Å². The van der Waals surface area contributed by atoms with Crippen LogP contribution in [0.4, 0.5) is 11.4 Å². The van der Waals surface area contributed by atoms with Crippen molar-refractivity contribution >= 4 is 23.2 Å². The summed E-state index contributed by atoms with van der Waals surface area (Å²) in [6.45, 7) is 8.19. The van der Waals surface area contributed by atoms with E-state index in [4.69, 9.17) is 4.74 Å². The molecule has 0 bridgehead atoms. The van der Waals surface area contributed by atoms with E-state index < -0.39 is 0 Å². The van der Waals surface area contributed by atoms with Crippen LogP contribution in [-0.4, -0.2) is 50.1 Å². The van der Waals surface area contributed by atoms with Gasteiger partial charge in [-0.05, 0) is 54.4 Å². The van der Waals surface area contributed by atoms with Crippen LogP contribution in [0.3, 0.4) is 0 Å². The average molecular weight is 472 g/mol. The number of carbonyl (C=O) groups is 2. The largest absolute Gasteiger partial charge is 0.377 e. The van der Waals surface area contributed by atoms with Crippen LogP contribution < -0.4 is 10.2 Å². The summed E-state index contributed by atoms with van der Waals surface area (Å²) in [7, 11) is 4.03. The summed E-state index contributed by atoms with van der Waals surface area (Å²) in [4.78, 5) is 29.9. The lowest BCUT2D eigenvalue weighted by Gasteiger charge is -2.30. The molecule has 2 aliphatic rings. The number of carbonyl (C=O) groups excluding carboxylic acids is 2. The number of hydrogen-bond donors (Lipinski definition) is 1. The van der Waals surface area contributed by atoms with Gasteiger partial charge in [-0.3, -0.25) is 9.59 Å². The van der Waals surface area contributed by atoms with Gasteiger partial charge in [0.05, 0.1) is 6.10 Å². The minimum Gasteiger partial charge on any atom is -0.377 e. The van der Waals surface area contributed by atoms with Crippen LogP contribution in [0.1, 0.15) is 84.1 Å². The maximum absolute atomic E-state index is 13.3. The van der Waals surface area contributed by atoms with Gasteiger partial charge in [-0.15, -0.1) is 0 Å². The molecule has 2 amide bonds. The zero-order valence-electron chi connectivity index (χ0n) is 22.0. The second kappa shape index (κ2) is 12.1. The van der Waals surface area contributed by atoms with Gasteiger partial charge >= 0.3 is 0 Å². The highest BCUT2D eigenvalue weighted by Gasteiger charge is 2.27. The predicted octanol–water partition coefficient (Wildman–Crippen LogP) is 5.61. The molecule has 2 fully saturated rings. The van der Waals surface area contributed by atoms with Crippen LogP contribution >= 0.6 is 0 Å². The molecular weight excluding hydrogens is 426 g/mol. The Kier molecular flexibility index (Phi) is 9.40. The van der Waals surface area contributed by atoms with E-state index in [1.54, 1.807) is 0 Å². The van der Waals surface area contributed by atoms with E-state index in [-0.39, 0.29) is 23.3 Å². The van der Waals surface area contributed by atoms with E-state index >= 15 is 0 Å². The van der Waals surface area contributed by atoms with E-state index in [0.717, 1.165) is 42.8 Å². The van der Waals surface area contributed by atoms with Crippen LogP contribution in [0.5, 0.6) is 0 Å². The van der Waals surface area contributed by atoms with Gasteiger partial charge in [-0.2, -0.15) is 0 Å². The molecule has 1 unspecified atom stereocenters. The summed E-state index contributed by atoms with van der Waals surface area (Å²) in [5.74, 6) is 0.937. The van der Waals surface area contributed by atoms with Gasteiger partial charge in [0.15, 0.2) is 0 Å². The maximum atomic E-state index is 13.3. The molecule has 1 saturated carbocycles. The second-order valence-electron chi connectivity index (χ2n) is 11.6. The molecule has 6 heteroatoms. The molecule has 1 heterocycles. The molecule has 190 valence electrons. The monoisotopic (exact) mass is 471 g/mol. The summed E-state index contributed by atoms with van der Waals surface area (Å²) in [5.41, 5.74) is 2.83. The van der Waals surface area contributed by atoms with Crippen molar-refractivity contribution in [3.05, 3.63) is 23.8 Å². The molecule has 3 rings (SSSR count). The third kappa shape index (κ3) is 8.30. The van der Waals surface area contributed by atoms with Crippen LogP contribution in [0.2, 0.25) is 0 Å². The molecule has 0 radical (unpaired) electrons. The lowest BCUT2D eigenvalue weighted by Crippen LogP contribution is -2.38. The van der Waals surface area contributed by atoms with E-state index in [1.165, 1.54) is 25.7 Å². The molecule has 0 spiro atoms. The van der Waals surface area contributed by atoms with E-state index in [1.807, 2.05) is 37.2 Å². The number of amides is 2. The minimum atomic E-state index is -0.0780. The number of nitrogens with one attached hydrogen (secondary N) is 1. The lowest BCUT2D eigenvalue weighted by molar-refractivity contribution is -0.135. The van der Waals surface area contributed by atoms with E-state index in [2.05, 4.69) is 31.0 Å². The number of benzene rings is 1. The van der Waals surface area contributed by atoms with Gasteiger partial charge in [-0.1, -0.05) is 46.5 Å². The SMILES string of the molecule is CN(C)c1ccc(NC(=O)CCC2CCCC2)cc1CN(CC1CCCO1)C(=O)CC(C)(C)C. The van der Waals surface area contributed by atoms with E-state index in [0.29, 0.717) is 31.8 Å². The molecular formula is C28H45N3O3. The first-order valence-electron chi connectivity index (χ1n) is 13.1. The molecule has 34 heavy (non-hydrogen) atoms. The summed E-state index contributed by atoms with van der Waals surface area (Å²) < 4.78 is 5.86. The maximum Gasteiger partial charge on any atom is 0.224 e. The van der Waals surface area contributed by atoms with Crippen LogP contribution in [0, 0.1) is 11.3 Å². The third-order valence-electron chi connectivity index (χ3n) is 6.94. The highest BCUT2D eigenvalue weighted by Crippen LogP contribution is 2.30. The van der Waals surface area contributed by atoms with Gasteiger partial charge in [0.2, 0.25) is 11.8 Å². The third-order valence-corrected chi connectivity index (χ3v) is 6.94.